The van der Waals surface area contributed by atoms with Crippen molar-refractivity contribution in [3.63, 3.8) is 0 Å². The maximum absolute atomic E-state index is 13.1. The number of alkyl halides is 3. The molecule has 2 fully saturated rings. The first kappa shape index (κ1) is 26.0. The molecule has 2 heterocycles. The Morgan fingerprint density at radius 1 is 1.00 bits per heavy atom. The molecule has 6 nitrogen and oxygen atoms in total. The number of rotatable bonds is 6. The molecule has 4 rings (SSSR count). The number of nitrogens with two attached hydrogens (primary N) is 1. The van der Waals surface area contributed by atoms with Crippen LogP contribution < -0.4 is 11.1 Å². The summed E-state index contributed by atoms with van der Waals surface area (Å²) in [5, 5.41) is 2.84. The van der Waals surface area contributed by atoms with Gasteiger partial charge in [0.1, 0.15) is 5.54 Å². The third kappa shape index (κ3) is 5.54. The summed E-state index contributed by atoms with van der Waals surface area (Å²) in [7, 11) is 0. The highest BCUT2D eigenvalue weighted by molar-refractivity contribution is 6.07. The van der Waals surface area contributed by atoms with Crippen LogP contribution in [0.25, 0.3) is 0 Å². The Balaban J connectivity index is 0.00000324. The Morgan fingerprint density at radius 3 is 2.21 bits per heavy atom. The number of piperidine rings is 1. The van der Waals surface area contributed by atoms with E-state index in [9.17, 15) is 22.8 Å². The van der Waals surface area contributed by atoms with Gasteiger partial charge >= 0.3 is 12.2 Å². The van der Waals surface area contributed by atoms with Crippen molar-refractivity contribution in [3.8, 4) is 0 Å². The fourth-order valence-electron chi connectivity index (χ4n) is 4.49. The summed E-state index contributed by atoms with van der Waals surface area (Å²) in [6, 6.07) is 13.9. The maximum atomic E-state index is 13.1. The summed E-state index contributed by atoms with van der Waals surface area (Å²) < 4.78 is 38.3. The SMILES string of the molecule is Cl.N[C@@H](CCN1CCC2(CC1)NC(=O)N(Cc1ccc(C(F)(F)F)cc1)C2=O)c1ccccc1. The van der Waals surface area contributed by atoms with Gasteiger partial charge in [0.25, 0.3) is 5.91 Å². The highest BCUT2D eigenvalue weighted by Crippen LogP contribution is 2.32. The van der Waals surface area contributed by atoms with Gasteiger partial charge in [0.2, 0.25) is 0 Å². The van der Waals surface area contributed by atoms with Gasteiger partial charge in [-0.1, -0.05) is 42.5 Å². The summed E-state index contributed by atoms with van der Waals surface area (Å²) in [6.45, 7) is 2.05. The van der Waals surface area contributed by atoms with Gasteiger partial charge in [-0.25, -0.2) is 4.79 Å². The molecule has 0 saturated carbocycles. The largest absolute Gasteiger partial charge is 0.416 e. The third-order valence-corrected chi connectivity index (χ3v) is 6.56. The Hall–Kier alpha value is -2.62. The number of likely N-dealkylation sites (tertiary alicyclic amines) is 1. The molecule has 184 valence electrons. The molecule has 0 aliphatic carbocycles. The van der Waals surface area contributed by atoms with Crippen LogP contribution in [0.1, 0.15) is 42.0 Å². The van der Waals surface area contributed by atoms with E-state index in [4.69, 9.17) is 5.73 Å². The van der Waals surface area contributed by atoms with Crippen LogP contribution in [0, 0.1) is 0 Å². The second kappa shape index (κ2) is 10.3. The van der Waals surface area contributed by atoms with E-state index < -0.39 is 23.3 Å². The van der Waals surface area contributed by atoms with E-state index in [2.05, 4.69) is 10.2 Å². The van der Waals surface area contributed by atoms with Crippen molar-refractivity contribution in [1.29, 1.82) is 0 Å². The second-order valence-electron chi connectivity index (χ2n) is 8.75. The van der Waals surface area contributed by atoms with Crippen LogP contribution in [0.2, 0.25) is 0 Å². The predicted molar refractivity (Wildman–Crippen MR) is 124 cm³/mol. The number of amides is 3. The first-order valence-corrected chi connectivity index (χ1v) is 11.0. The zero-order chi connectivity index (χ0) is 23.6. The fourth-order valence-corrected chi connectivity index (χ4v) is 4.49. The van der Waals surface area contributed by atoms with Crippen LogP contribution >= 0.6 is 12.4 Å². The monoisotopic (exact) mass is 496 g/mol. The minimum atomic E-state index is -4.43. The third-order valence-electron chi connectivity index (χ3n) is 6.56. The van der Waals surface area contributed by atoms with E-state index in [1.807, 2.05) is 30.3 Å². The van der Waals surface area contributed by atoms with Crippen molar-refractivity contribution in [1.82, 2.24) is 15.1 Å². The molecule has 2 aliphatic heterocycles. The normalized spacial score (nSPS) is 19.1. The lowest BCUT2D eigenvalue weighted by atomic mass is 9.87. The van der Waals surface area contributed by atoms with E-state index in [0.717, 1.165) is 35.6 Å². The average Bonchev–Trinajstić information content (AvgIpc) is 3.03. The van der Waals surface area contributed by atoms with Crippen molar-refractivity contribution < 1.29 is 22.8 Å². The summed E-state index contributed by atoms with van der Waals surface area (Å²) >= 11 is 0. The Labute approximate surface area is 202 Å². The van der Waals surface area contributed by atoms with Crippen LogP contribution in [0.3, 0.4) is 0 Å². The molecule has 0 unspecified atom stereocenters. The van der Waals surface area contributed by atoms with Crippen molar-refractivity contribution in [3.05, 3.63) is 71.3 Å². The van der Waals surface area contributed by atoms with Crippen LogP contribution in [0.5, 0.6) is 0 Å². The number of hydrogen-bond acceptors (Lipinski definition) is 4. The highest BCUT2D eigenvalue weighted by Gasteiger charge is 2.52. The van der Waals surface area contributed by atoms with Gasteiger partial charge in [0, 0.05) is 19.1 Å². The number of halogens is 4. The molecule has 34 heavy (non-hydrogen) atoms. The molecule has 2 aromatic carbocycles. The number of imide groups is 1. The molecule has 10 heteroatoms. The van der Waals surface area contributed by atoms with Crippen LogP contribution in [-0.2, 0) is 17.5 Å². The minimum absolute atomic E-state index is 0. The van der Waals surface area contributed by atoms with E-state index in [1.165, 1.54) is 12.1 Å². The maximum Gasteiger partial charge on any atom is 0.416 e. The zero-order valence-electron chi connectivity index (χ0n) is 18.6. The fraction of sp³-hybridized carbons (Fsp3) is 0.417. The van der Waals surface area contributed by atoms with E-state index >= 15 is 0 Å². The molecular weight excluding hydrogens is 469 g/mol. The van der Waals surface area contributed by atoms with Gasteiger partial charge in [0.05, 0.1) is 12.1 Å². The number of nitrogens with one attached hydrogen (secondary N) is 1. The van der Waals surface area contributed by atoms with E-state index in [-0.39, 0.29) is 30.9 Å². The smallest absolute Gasteiger partial charge is 0.324 e. The summed E-state index contributed by atoms with van der Waals surface area (Å²) in [5.41, 5.74) is 6.13. The number of carbonyl (C=O) groups excluding carboxylic acids is 2. The Morgan fingerprint density at radius 2 is 1.62 bits per heavy atom. The van der Waals surface area contributed by atoms with Crippen LogP contribution in [0.15, 0.2) is 54.6 Å². The van der Waals surface area contributed by atoms with E-state index in [1.54, 1.807) is 0 Å². The minimum Gasteiger partial charge on any atom is -0.324 e. The molecule has 0 radical (unpaired) electrons. The van der Waals surface area contributed by atoms with Gasteiger partial charge in [-0.15, -0.1) is 12.4 Å². The van der Waals surface area contributed by atoms with E-state index in [0.29, 0.717) is 31.5 Å². The topological polar surface area (TPSA) is 78.7 Å². The number of benzene rings is 2. The van der Waals surface area contributed by atoms with Crippen molar-refractivity contribution in [2.75, 3.05) is 19.6 Å². The van der Waals surface area contributed by atoms with Crippen molar-refractivity contribution in [2.45, 2.75) is 43.6 Å². The van der Waals surface area contributed by atoms with Crippen LogP contribution in [-0.4, -0.2) is 46.9 Å². The summed E-state index contributed by atoms with van der Waals surface area (Å²) in [6.07, 6.45) is -2.66. The van der Waals surface area contributed by atoms with Crippen LogP contribution in [0.4, 0.5) is 18.0 Å². The standard InChI is InChI=1S/C24H27F3N4O2.ClH/c25-24(26,27)19-8-6-17(7-9-19)16-31-21(32)23(29-22(31)33)11-14-30(15-12-23)13-10-20(28)18-4-2-1-3-5-18;/h1-9,20H,10-16,28H2,(H,29,33);1H/t20-;/m0./s1. The molecule has 2 saturated heterocycles. The van der Waals surface area contributed by atoms with Gasteiger partial charge in [0.15, 0.2) is 0 Å². The van der Waals surface area contributed by atoms with Gasteiger partial charge in [-0.3, -0.25) is 9.69 Å². The van der Waals surface area contributed by atoms with Gasteiger partial charge in [-0.05, 0) is 49.1 Å². The van der Waals surface area contributed by atoms with Gasteiger partial charge in [-0.2, -0.15) is 13.2 Å². The predicted octanol–water partition coefficient (Wildman–Crippen LogP) is 4.10. The first-order chi connectivity index (χ1) is 15.7. The van der Waals surface area contributed by atoms with Gasteiger partial charge < -0.3 is 16.0 Å². The average molecular weight is 497 g/mol. The molecule has 3 amide bonds. The Kier molecular flexibility index (Phi) is 7.90. The molecular formula is C24H28ClF3N4O2. The molecule has 1 atom stereocenters. The molecule has 3 N–H and O–H groups in total. The molecule has 1 spiro atoms. The quantitative estimate of drug-likeness (QED) is 0.590. The second-order valence-corrected chi connectivity index (χ2v) is 8.75. The number of hydrogen-bond donors (Lipinski definition) is 2. The lowest BCUT2D eigenvalue weighted by molar-refractivity contribution is -0.137. The molecule has 0 aromatic heterocycles. The number of carbonyl (C=O) groups is 2. The molecule has 2 aromatic rings. The summed E-state index contributed by atoms with van der Waals surface area (Å²) in [5.74, 6) is -0.312. The number of urea groups is 1. The number of nitrogens with zero attached hydrogens (tertiary/aromatic N) is 2. The van der Waals surface area contributed by atoms with Crippen molar-refractivity contribution in [2.24, 2.45) is 5.73 Å². The summed E-state index contributed by atoms with van der Waals surface area (Å²) in [4.78, 5) is 29.0. The first-order valence-electron chi connectivity index (χ1n) is 11.0. The highest BCUT2D eigenvalue weighted by atomic mass is 35.5. The Bertz CT molecular complexity index is 994. The molecule has 2 aliphatic rings. The lowest BCUT2D eigenvalue weighted by Crippen LogP contribution is -2.55. The molecule has 0 bridgehead atoms. The van der Waals surface area contributed by atoms with Crippen molar-refractivity contribution >= 4 is 24.3 Å². The lowest BCUT2D eigenvalue weighted by Gasteiger charge is -2.37. The zero-order valence-corrected chi connectivity index (χ0v) is 19.4.